The number of rotatable bonds is 3. The van der Waals surface area contributed by atoms with Crippen molar-refractivity contribution in [1.29, 1.82) is 0 Å². The minimum Gasteiger partial charge on any atom is -0.309 e. The number of nitrogens with zero attached hydrogens (tertiary/aromatic N) is 1. The summed E-state index contributed by atoms with van der Waals surface area (Å²) in [6.07, 6.45) is 0. The molecular formula is C39H29NO2S. The van der Waals surface area contributed by atoms with Gasteiger partial charge in [-0.15, -0.1) is 0 Å². The van der Waals surface area contributed by atoms with Crippen LogP contribution in [0, 0.1) is 0 Å². The van der Waals surface area contributed by atoms with Crippen LogP contribution in [0.4, 0.5) is 17.1 Å². The molecule has 1 heterocycles. The van der Waals surface area contributed by atoms with Crippen LogP contribution >= 0.6 is 0 Å². The summed E-state index contributed by atoms with van der Waals surface area (Å²) in [5, 5.41) is 5.33. The van der Waals surface area contributed by atoms with Crippen molar-refractivity contribution in [1.82, 2.24) is 0 Å². The Balaban J connectivity index is 1.62. The Kier molecular flexibility index (Phi) is 5.56. The molecule has 0 radical (unpaired) electrons. The second kappa shape index (κ2) is 9.29. The first-order valence-corrected chi connectivity index (χ1v) is 16.0. The molecule has 7 aromatic carbocycles. The van der Waals surface area contributed by atoms with Gasteiger partial charge >= 0.3 is 0 Å². The average Bonchev–Trinajstić information content (AvgIpc) is 3.04. The molecule has 0 unspecified atom stereocenters. The molecule has 8 rings (SSSR count). The Hall–Kier alpha value is -4.93. The molecule has 0 aliphatic carbocycles. The summed E-state index contributed by atoms with van der Waals surface area (Å²) < 4.78 is 29.1. The maximum atomic E-state index is 14.6. The second-order valence-electron chi connectivity index (χ2n) is 11.7. The fourth-order valence-electron chi connectivity index (χ4n) is 7.03. The summed E-state index contributed by atoms with van der Waals surface area (Å²) in [4.78, 5) is 3.00. The Morgan fingerprint density at radius 1 is 0.512 bits per heavy atom. The summed E-state index contributed by atoms with van der Waals surface area (Å²) in [6, 6.07) is 46.3. The van der Waals surface area contributed by atoms with Crippen molar-refractivity contribution in [3.8, 4) is 0 Å². The topological polar surface area (TPSA) is 37.4 Å². The third kappa shape index (κ3) is 3.63. The molecule has 1 aliphatic rings. The van der Waals surface area contributed by atoms with Crippen molar-refractivity contribution >= 4 is 59.2 Å². The van der Waals surface area contributed by atoms with E-state index < -0.39 is 9.84 Å². The molecule has 0 spiro atoms. The Bertz CT molecular complexity index is 2290. The maximum Gasteiger partial charge on any atom is 0.207 e. The second-order valence-corrected chi connectivity index (χ2v) is 13.6. The summed E-state index contributed by atoms with van der Waals surface area (Å²) in [6.45, 7) is 4.56. The van der Waals surface area contributed by atoms with Gasteiger partial charge in [0.25, 0.3) is 0 Å². The molecule has 208 valence electrons. The number of sulfone groups is 1. The van der Waals surface area contributed by atoms with Gasteiger partial charge in [-0.2, -0.15) is 0 Å². The highest BCUT2D eigenvalue weighted by atomic mass is 32.2. The lowest BCUT2D eigenvalue weighted by atomic mass is 9.73. The molecule has 43 heavy (non-hydrogen) atoms. The molecule has 0 atom stereocenters. The molecular weight excluding hydrogens is 547 g/mol. The number of benzene rings is 7. The molecule has 1 aliphatic heterocycles. The number of fused-ring (bicyclic) bond motifs is 6. The molecule has 7 aromatic rings. The minimum atomic E-state index is -3.87. The Morgan fingerprint density at radius 2 is 1.05 bits per heavy atom. The molecule has 0 saturated heterocycles. The van der Waals surface area contributed by atoms with E-state index in [1.54, 1.807) is 24.3 Å². The van der Waals surface area contributed by atoms with Gasteiger partial charge in [0.05, 0.1) is 26.9 Å². The van der Waals surface area contributed by atoms with Gasteiger partial charge < -0.3 is 4.90 Å². The van der Waals surface area contributed by atoms with E-state index in [1.165, 1.54) is 11.1 Å². The van der Waals surface area contributed by atoms with Crippen molar-refractivity contribution in [2.75, 3.05) is 4.90 Å². The summed E-state index contributed by atoms with van der Waals surface area (Å²) in [5.41, 5.74) is 5.44. The van der Waals surface area contributed by atoms with Crippen LogP contribution in [0.1, 0.15) is 25.0 Å². The van der Waals surface area contributed by atoms with Gasteiger partial charge in [-0.3, -0.25) is 0 Å². The Morgan fingerprint density at radius 3 is 1.72 bits per heavy atom. The van der Waals surface area contributed by atoms with Gasteiger partial charge in [0.1, 0.15) is 0 Å². The van der Waals surface area contributed by atoms with E-state index in [0.29, 0.717) is 10.3 Å². The van der Waals surface area contributed by atoms with E-state index >= 15 is 0 Å². The van der Waals surface area contributed by atoms with Crippen molar-refractivity contribution in [2.45, 2.75) is 29.1 Å². The van der Waals surface area contributed by atoms with Crippen LogP contribution in [-0.4, -0.2) is 8.42 Å². The molecule has 0 amide bonds. The molecule has 0 aromatic heterocycles. The van der Waals surface area contributed by atoms with Crippen LogP contribution in [0.5, 0.6) is 0 Å². The normalized spacial score (nSPS) is 14.1. The standard InChI is InChI=1S/C39H29NO2S/c1-39(2)32-20-10-12-22-34(32)40(35-23-13-11-21-33(35)39)37-29-18-8-9-19-30(29)38(43(41,42)27-15-4-3-5-16-27)31-25-24-26-14-6-7-17-28(26)36(31)37/h3-25H,1-2H3. The maximum absolute atomic E-state index is 14.6. The smallest absolute Gasteiger partial charge is 0.207 e. The molecule has 3 nitrogen and oxygen atoms in total. The quantitative estimate of drug-likeness (QED) is 0.155. The van der Waals surface area contributed by atoms with Gasteiger partial charge in [-0.1, -0.05) is 129 Å². The SMILES string of the molecule is CC1(C)c2ccccc2N(c2c3ccccc3c(S(=O)(=O)c3ccccc3)c3ccc4ccccc4c23)c2ccccc21. The lowest BCUT2D eigenvalue weighted by molar-refractivity contribution is 0.598. The fraction of sp³-hybridized carbons (Fsp3) is 0.0769. The van der Waals surface area contributed by atoms with Crippen LogP contribution in [0.3, 0.4) is 0 Å². The summed E-state index contributed by atoms with van der Waals surface area (Å²) in [5.74, 6) is 0. The number of hydrogen-bond donors (Lipinski definition) is 0. The fourth-order valence-corrected chi connectivity index (χ4v) is 8.71. The van der Waals surface area contributed by atoms with Gasteiger partial charge in [0.2, 0.25) is 9.84 Å². The number of para-hydroxylation sites is 2. The average molecular weight is 576 g/mol. The Labute approximate surface area is 251 Å². The van der Waals surface area contributed by atoms with Gasteiger partial charge in [0.15, 0.2) is 0 Å². The molecule has 0 bridgehead atoms. The van der Waals surface area contributed by atoms with Crippen LogP contribution < -0.4 is 4.90 Å². The zero-order valence-corrected chi connectivity index (χ0v) is 24.8. The highest BCUT2D eigenvalue weighted by molar-refractivity contribution is 7.92. The monoisotopic (exact) mass is 575 g/mol. The number of anilines is 3. The summed E-state index contributed by atoms with van der Waals surface area (Å²) in [7, 11) is -3.87. The van der Waals surface area contributed by atoms with Crippen molar-refractivity contribution in [3.63, 3.8) is 0 Å². The van der Waals surface area contributed by atoms with E-state index in [0.717, 1.165) is 44.0 Å². The summed E-state index contributed by atoms with van der Waals surface area (Å²) >= 11 is 0. The predicted molar refractivity (Wildman–Crippen MR) is 178 cm³/mol. The first kappa shape index (κ1) is 25.8. The molecule has 4 heteroatoms. The van der Waals surface area contributed by atoms with Crippen molar-refractivity contribution in [3.05, 3.63) is 151 Å². The van der Waals surface area contributed by atoms with Gasteiger partial charge in [-0.25, -0.2) is 8.42 Å². The highest BCUT2D eigenvalue weighted by Gasteiger charge is 2.38. The van der Waals surface area contributed by atoms with E-state index in [-0.39, 0.29) is 10.3 Å². The lowest BCUT2D eigenvalue weighted by Crippen LogP contribution is -2.30. The van der Waals surface area contributed by atoms with Crippen LogP contribution in [0.25, 0.3) is 32.3 Å². The zero-order chi connectivity index (χ0) is 29.3. The van der Waals surface area contributed by atoms with Crippen LogP contribution in [0.15, 0.2) is 149 Å². The van der Waals surface area contributed by atoms with Crippen LogP contribution in [0.2, 0.25) is 0 Å². The number of hydrogen-bond acceptors (Lipinski definition) is 3. The largest absolute Gasteiger partial charge is 0.309 e. The minimum absolute atomic E-state index is 0.214. The third-order valence-electron chi connectivity index (χ3n) is 9.02. The van der Waals surface area contributed by atoms with Crippen LogP contribution in [-0.2, 0) is 15.3 Å². The third-order valence-corrected chi connectivity index (χ3v) is 10.9. The molecule has 0 saturated carbocycles. The van der Waals surface area contributed by atoms with E-state index in [9.17, 15) is 8.42 Å². The first-order valence-electron chi connectivity index (χ1n) is 14.5. The van der Waals surface area contributed by atoms with E-state index in [1.807, 2.05) is 48.5 Å². The zero-order valence-electron chi connectivity index (χ0n) is 24.0. The molecule has 0 fully saturated rings. The first-order chi connectivity index (χ1) is 20.9. The highest BCUT2D eigenvalue weighted by Crippen LogP contribution is 2.56. The van der Waals surface area contributed by atoms with Gasteiger partial charge in [-0.05, 0) is 46.2 Å². The molecule has 0 N–H and O–H groups in total. The van der Waals surface area contributed by atoms with E-state index in [4.69, 9.17) is 0 Å². The van der Waals surface area contributed by atoms with E-state index in [2.05, 4.69) is 85.5 Å². The van der Waals surface area contributed by atoms with Crippen molar-refractivity contribution < 1.29 is 8.42 Å². The lowest BCUT2D eigenvalue weighted by Gasteiger charge is -2.42. The van der Waals surface area contributed by atoms with Crippen molar-refractivity contribution in [2.24, 2.45) is 0 Å². The predicted octanol–water partition coefficient (Wildman–Crippen LogP) is 10.1. The van der Waals surface area contributed by atoms with Gasteiger partial charge in [0, 0.05) is 27.0 Å².